The summed E-state index contributed by atoms with van der Waals surface area (Å²) in [4.78, 5) is 22.5. The van der Waals surface area contributed by atoms with E-state index in [2.05, 4.69) is 0 Å². The van der Waals surface area contributed by atoms with Gasteiger partial charge in [-0.3, -0.25) is 4.79 Å². The van der Waals surface area contributed by atoms with E-state index in [1.165, 1.54) is 12.2 Å². The SMILES string of the molecule is CCCCC1C(C(=O)O)=CC=CC1(C)C(=O)O.F[B-](F)(F)F. The number of aliphatic carboxylic acids is 2. The smallest absolute Gasteiger partial charge is 0.481 e. The maximum Gasteiger partial charge on any atom is 0.673 e. The standard InChI is InChI=1S/C13H18O4.BF4/c1-3-4-7-10-9(11(14)15)6-5-8-13(10,2)12(16)17;2-1(3,4)5/h5-6,8,10H,3-4,7H2,1-2H3,(H,14,15)(H,16,17);/q;-1. The highest BCUT2D eigenvalue weighted by Gasteiger charge is 2.43. The lowest BCUT2D eigenvalue weighted by Gasteiger charge is -2.34. The van der Waals surface area contributed by atoms with Crippen LogP contribution in [0.15, 0.2) is 23.8 Å². The molecular formula is C13H18BF4O4-. The molecule has 22 heavy (non-hydrogen) atoms. The van der Waals surface area contributed by atoms with Gasteiger partial charge in [0.15, 0.2) is 0 Å². The van der Waals surface area contributed by atoms with Crippen molar-refractivity contribution in [2.75, 3.05) is 0 Å². The van der Waals surface area contributed by atoms with Gasteiger partial charge in [0.1, 0.15) is 0 Å². The summed E-state index contributed by atoms with van der Waals surface area (Å²) in [5.41, 5.74) is -0.914. The van der Waals surface area contributed by atoms with Crippen molar-refractivity contribution in [3.8, 4) is 0 Å². The summed E-state index contributed by atoms with van der Waals surface area (Å²) in [6.45, 7) is 3.59. The van der Waals surface area contributed by atoms with Crippen LogP contribution in [0.1, 0.15) is 33.1 Å². The minimum Gasteiger partial charge on any atom is -0.481 e. The van der Waals surface area contributed by atoms with Crippen molar-refractivity contribution in [3.63, 3.8) is 0 Å². The lowest BCUT2D eigenvalue weighted by atomic mass is 9.68. The third kappa shape index (κ3) is 6.32. The van der Waals surface area contributed by atoms with Crippen LogP contribution in [0.4, 0.5) is 17.3 Å². The second kappa shape index (κ2) is 8.00. The molecule has 0 saturated carbocycles. The van der Waals surface area contributed by atoms with E-state index in [0.29, 0.717) is 6.42 Å². The van der Waals surface area contributed by atoms with E-state index in [4.69, 9.17) is 5.11 Å². The second-order valence-electron chi connectivity index (χ2n) is 5.06. The van der Waals surface area contributed by atoms with Gasteiger partial charge in [-0.15, -0.1) is 0 Å². The van der Waals surface area contributed by atoms with Gasteiger partial charge < -0.3 is 27.5 Å². The summed E-state index contributed by atoms with van der Waals surface area (Å²) in [5, 5.41) is 18.4. The number of carboxylic acids is 2. The van der Waals surface area contributed by atoms with Crippen molar-refractivity contribution in [1.82, 2.24) is 0 Å². The lowest BCUT2D eigenvalue weighted by Crippen LogP contribution is -2.38. The molecule has 0 bridgehead atoms. The first-order valence-corrected chi connectivity index (χ1v) is 6.67. The van der Waals surface area contributed by atoms with Crippen molar-refractivity contribution >= 4 is 19.2 Å². The van der Waals surface area contributed by atoms with Crippen LogP contribution in [0.25, 0.3) is 0 Å². The number of carbonyl (C=O) groups is 2. The summed E-state index contributed by atoms with van der Waals surface area (Å²) in [7, 11) is -6.00. The number of carboxylic acid groups (broad SMARTS) is 2. The van der Waals surface area contributed by atoms with Crippen LogP contribution in [-0.2, 0) is 9.59 Å². The Hall–Kier alpha value is -1.80. The summed E-state index contributed by atoms with van der Waals surface area (Å²) in [5.74, 6) is -2.45. The Kier molecular flexibility index (Phi) is 7.35. The van der Waals surface area contributed by atoms with E-state index in [1.807, 2.05) is 6.92 Å². The predicted octanol–water partition coefficient (Wildman–Crippen LogP) is 3.76. The summed E-state index contributed by atoms with van der Waals surface area (Å²) in [6, 6.07) is 0. The number of allylic oxidation sites excluding steroid dienone is 2. The van der Waals surface area contributed by atoms with E-state index in [1.54, 1.807) is 13.0 Å². The predicted molar refractivity (Wildman–Crippen MR) is 73.8 cm³/mol. The van der Waals surface area contributed by atoms with E-state index < -0.39 is 30.5 Å². The van der Waals surface area contributed by atoms with Crippen LogP contribution < -0.4 is 0 Å². The normalized spacial score (nSPS) is 24.1. The van der Waals surface area contributed by atoms with Gasteiger partial charge in [0.25, 0.3) is 0 Å². The Morgan fingerprint density at radius 3 is 2.14 bits per heavy atom. The van der Waals surface area contributed by atoms with Crippen LogP contribution in [0.2, 0.25) is 0 Å². The van der Waals surface area contributed by atoms with Crippen LogP contribution in [0.5, 0.6) is 0 Å². The first-order chi connectivity index (χ1) is 9.93. The molecule has 0 aromatic carbocycles. The Balaban J connectivity index is 0.000000763. The number of rotatable bonds is 5. The van der Waals surface area contributed by atoms with Crippen molar-refractivity contribution in [3.05, 3.63) is 23.8 Å². The molecule has 1 aliphatic carbocycles. The maximum atomic E-state index is 11.3. The first kappa shape index (κ1) is 20.2. The van der Waals surface area contributed by atoms with Crippen LogP contribution >= 0.6 is 0 Å². The highest BCUT2D eigenvalue weighted by molar-refractivity contribution is 6.50. The molecule has 1 rings (SSSR count). The Morgan fingerprint density at radius 2 is 1.77 bits per heavy atom. The molecule has 4 nitrogen and oxygen atoms in total. The number of hydrogen-bond donors (Lipinski definition) is 2. The molecule has 2 atom stereocenters. The molecular weight excluding hydrogens is 307 g/mol. The average Bonchev–Trinajstić information content (AvgIpc) is 2.34. The molecule has 0 fully saturated rings. The molecule has 0 spiro atoms. The Labute approximate surface area is 125 Å². The van der Waals surface area contributed by atoms with Gasteiger partial charge in [-0.05, 0) is 13.3 Å². The molecule has 0 amide bonds. The third-order valence-corrected chi connectivity index (χ3v) is 3.37. The fraction of sp³-hybridized carbons (Fsp3) is 0.538. The summed E-state index contributed by atoms with van der Waals surface area (Å²) in [6.07, 6.45) is 6.95. The van der Waals surface area contributed by atoms with Crippen molar-refractivity contribution in [1.29, 1.82) is 0 Å². The van der Waals surface area contributed by atoms with E-state index in [-0.39, 0.29) is 5.57 Å². The van der Waals surface area contributed by atoms with Crippen molar-refractivity contribution in [2.24, 2.45) is 11.3 Å². The van der Waals surface area contributed by atoms with Gasteiger partial charge in [-0.25, -0.2) is 4.79 Å². The van der Waals surface area contributed by atoms with Crippen LogP contribution in [0.3, 0.4) is 0 Å². The minimum absolute atomic E-state index is 0.200. The monoisotopic (exact) mass is 325 g/mol. The van der Waals surface area contributed by atoms with Gasteiger partial charge in [0.2, 0.25) is 0 Å². The number of halogens is 4. The molecule has 2 N–H and O–H groups in total. The summed E-state index contributed by atoms with van der Waals surface area (Å²) < 4.78 is 39.0. The van der Waals surface area contributed by atoms with Gasteiger partial charge in [0, 0.05) is 11.5 Å². The van der Waals surface area contributed by atoms with Crippen molar-refractivity contribution < 1.29 is 37.1 Å². The zero-order chi connectivity index (χ0) is 17.6. The average molecular weight is 325 g/mol. The zero-order valence-electron chi connectivity index (χ0n) is 12.2. The molecule has 0 aliphatic heterocycles. The summed E-state index contributed by atoms with van der Waals surface area (Å²) >= 11 is 0. The molecule has 0 radical (unpaired) electrons. The minimum atomic E-state index is -6.00. The molecule has 0 aromatic heterocycles. The van der Waals surface area contributed by atoms with Crippen molar-refractivity contribution in [2.45, 2.75) is 33.1 Å². The molecule has 0 aromatic rings. The maximum absolute atomic E-state index is 11.3. The fourth-order valence-electron chi connectivity index (χ4n) is 2.21. The molecule has 2 unspecified atom stereocenters. The van der Waals surface area contributed by atoms with E-state index in [0.717, 1.165) is 12.8 Å². The lowest BCUT2D eigenvalue weighted by molar-refractivity contribution is -0.148. The quantitative estimate of drug-likeness (QED) is 0.596. The molecule has 9 heteroatoms. The number of unbranched alkanes of at least 4 members (excludes halogenated alkanes) is 1. The Bertz CT molecular complexity index is 467. The third-order valence-electron chi connectivity index (χ3n) is 3.37. The Morgan fingerprint density at radius 1 is 1.27 bits per heavy atom. The highest BCUT2D eigenvalue weighted by Crippen LogP contribution is 2.41. The van der Waals surface area contributed by atoms with Gasteiger partial charge in [-0.1, -0.05) is 38.0 Å². The highest BCUT2D eigenvalue weighted by atomic mass is 19.5. The van der Waals surface area contributed by atoms with Gasteiger partial charge >= 0.3 is 19.2 Å². The van der Waals surface area contributed by atoms with Crippen LogP contribution in [0, 0.1) is 11.3 Å². The molecule has 1 aliphatic rings. The fourth-order valence-corrected chi connectivity index (χ4v) is 2.21. The second-order valence-corrected chi connectivity index (χ2v) is 5.06. The van der Waals surface area contributed by atoms with Gasteiger partial charge in [0.05, 0.1) is 5.41 Å². The van der Waals surface area contributed by atoms with E-state index in [9.17, 15) is 32.0 Å². The zero-order valence-corrected chi connectivity index (χ0v) is 12.2. The van der Waals surface area contributed by atoms with Gasteiger partial charge in [-0.2, -0.15) is 0 Å². The molecule has 126 valence electrons. The van der Waals surface area contributed by atoms with E-state index >= 15 is 0 Å². The largest absolute Gasteiger partial charge is 0.673 e. The molecule has 0 saturated heterocycles. The first-order valence-electron chi connectivity index (χ1n) is 6.67. The van der Waals surface area contributed by atoms with Crippen LogP contribution in [-0.4, -0.2) is 29.4 Å². The topological polar surface area (TPSA) is 74.6 Å². The number of hydrogen-bond acceptors (Lipinski definition) is 2. The molecule has 0 heterocycles.